The molecule has 0 aliphatic heterocycles. The standard InChI is InChI=1S/C24H31N5O4/c1-5-6-7-12-24(2,22(30)31)29-21-20-18(9-8-13-25-20)27-23(28-21)26-15-16-10-11-17(32-3)14-19(16)33-4/h8-11,13-14H,5-7,12,15H2,1-4H3,(H,30,31)(H2,26,27,28,29)/t24-/m1/s1. The van der Waals surface area contributed by atoms with Gasteiger partial charge in [-0.25, -0.2) is 9.78 Å². The maximum atomic E-state index is 12.1. The minimum absolute atomic E-state index is 0.358. The van der Waals surface area contributed by atoms with E-state index < -0.39 is 11.5 Å². The van der Waals surface area contributed by atoms with Crippen molar-refractivity contribution in [2.45, 2.75) is 51.6 Å². The van der Waals surface area contributed by atoms with E-state index in [4.69, 9.17) is 9.47 Å². The predicted molar refractivity (Wildman–Crippen MR) is 128 cm³/mol. The van der Waals surface area contributed by atoms with E-state index in [1.165, 1.54) is 0 Å². The number of fused-ring (bicyclic) bond motifs is 1. The number of aliphatic carboxylic acids is 1. The van der Waals surface area contributed by atoms with Gasteiger partial charge in [-0.15, -0.1) is 0 Å². The Bertz CT molecular complexity index is 1110. The maximum Gasteiger partial charge on any atom is 0.329 e. The van der Waals surface area contributed by atoms with Gasteiger partial charge >= 0.3 is 5.97 Å². The molecule has 0 spiro atoms. The number of nitrogens with one attached hydrogen (secondary N) is 2. The number of hydrogen-bond donors (Lipinski definition) is 3. The topological polar surface area (TPSA) is 118 Å². The number of carboxylic acid groups (broad SMARTS) is 1. The third-order valence-electron chi connectivity index (χ3n) is 5.53. The Balaban J connectivity index is 1.90. The van der Waals surface area contributed by atoms with Gasteiger partial charge in [0.25, 0.3) is 0 Å². The summed E-state index contributed by atoms with van der Waals surface area (Å²) in [4.78, 5) is 25.6. The van der Waals surface area contributed by atoms with Crippen LogP contribution in [0.4, 0.5) is 11.8 Å². The number of benzene rings is 1. The van der Waals surface area contributed by atoms with Crippen molar-refractivity contribution in [3.05, 3.63) is 42.1 Å². The molecule has 3 aromatic rings. The normalized spacial score (nSPS) is 12.7. The molecule has 0 fully saturated rings. The second-order valence-electron chi connectivity index (χ2n) is 8.02. The van der Waals surface area contributed by atoms with Crippen LogP contribution in [0.25, 0.3) is 11.0 Å². The van der Waals surface area contributed by atoms with Crippen LogP contribution >= 0.6 is 0 Å². The summed E-state index contributed by atoms with van der Waals surface area (Å²) in [6, 6.07) is 9.17. The molecule has 0 radical (unpaired) electrons. The van der Waals surface area contributed by atoms with Crippen LogP contribution in [0, 0.1) is 0 Å². The monoisotopic (exact) mass is 453 g/mol. The smallest absolute Gasteiger partial charge is 0.329 e. The van der Waals surface area contributed by atoms with E-state index in [0.717, 1.165) is 24.8 Å². The first-order valence-electron chi connectivity index (χ1n) is 11.0. The van der Waals surface area contributed by atoms with Crippen LogP contribution in [0.1, 0.15) is 45.1 Å². The average Bonchev–Trinajstić information content (AvgIpc) is 2.82. The van der Waals surface area contributed by atoms with Crippen LogP contribution in [0.15, 0.2) is 36.5 Å². The third kappa shape index (κ3) is 5.79. The average molecular weight is 454 g/mol. The molecule has 1 atom stereocenters. The molecule has 0 aliphatic rings. The molecular weight excluding hydrogens is 422 g/mol. The lowest BCUT2D eigenvalue weighted by atomic mass is 9.94. The van der Waals surface area contributed by atoms with Crippen LogP contribution in [0.2, 0.25) is 0 Å². The van der Waals surface area contributed by atoms with Gasteiger partial charge in [-0.3, -0.25) is 4.98 Å². The van der Waals surface area contributed by atoms with Crippen molar-refractivity contribution in [2.75, 3.05) is 24.9 Å². The number of carbonyl (C=O) groups is 1. The minimum atomic E-state index is -1.18. The highest BCUT2D eigenvalue weighted by atomic mass is 16.5. The molecule has 0 aliphatic carbocycles. The summed E-state index contributed by atoms with van der Waals surface area (Å²) < 4.78 is 10.7. The third-order valence-corrected chi connectivity index (χ3v) is 5.53. The number of hydrogen-bond acceptors (Lipinski definition) is 8. The van der Waals surface area contributed by atoms with Crippen LogP contribution in [-0.4, -0.2) is 45.8 Å². The number of unbranched alkanes of at least 4 members (excludes halogenated alkanes) is 2. The van der Waals surface area contributed by atoms with Crippen molar-refractivity contribution in [1.29, 1.82) is 0 Å². The fourth-order valence-electron chi connectivity index (χ4n) is 3.52. The molecule has 0 saturated carbocycles. The van der Waals surface area contributed by atoms with E-state index in [-0.39, 0.29) is 0 Å². The molecule has 2 aromatic heterocycles. The van der Waals surface area contributed by atoms with Crippen molar-refractivity contribution < 1.29 is 19.4 Å². The van der Waals surface area contributed by atoms with Gasteiger partial charge in [0.15, 0.2) is 5.82 Å². The molecule has 33 heavy (non-hydrogen) atoms. The Morgan fingerprint density at radius 3 is 2.67 bits per heavy atom. The molecule has 3 N–H and O–H groups in total. The minimum Gasteiger partial charge on any atom is -0.497 e. The first kappa shape index (κ1) is 24.0. The second-order valence-corrected chi connectivity index (χ2v) is 8.02. The van der Waals surface area contributed by atoms with E-state index in [0.29, 0.717) is 47.3 Å². The van der Waals surface area contributed by atoms with Crippen molar-refractivity contribution in [3.63, 3.8) is 0 Å². The lowest BCUT2D eigenvalue weighted by molar-refractivity contribution is -0.142. The highest BCUT2D eigenvalue weighted by Crippen LogP contribution is 2.28. The largest absolute Gasteiger partial charge is 0.497 e. The lowest BCUT2D eigenvalue weighted by Crippen LogP contribution is -2.43. The maximum absolute atomic E-state index is 12.1. The SMILES string of the molecule is CCCCC[C@@](C)(Nc1nc(NCc2ccc(OC)cc2OC)nc2cccnc12)C(=O)O. The molecule has 1 aromatic carbocycles. The van der Waals surface area contributed by atoms with E-state index >= 15 is 0 Å². The first-order chi connectivity index (χ1) is 15.9. The Morgan fingerprint density at radius 1 is 1.15 bits per heavy atom. The molecule has 9 nitrogen and oxygen atoms in total. The fraction of sp³-hybridized carbons (Fsp3) is 0.417. The summed E-state index contributed by atoms with van der Waals surface area (Å²) in [5.41, 5.74) is 0.857. The molecule has 3 rings (SSSR count). The Morgan fingerprint density at radius 2 is 1.97 bits per heavy atom. The molecule has 0 unspecified atom stereocenters. The second kappa shape index (κ2) is 10.8. The van der Waals surface area contributed by atoms with Crippen LogP contribution in [0.5, 0.6) is 11.5 Å². The molecule has 176 valence electrons. The van der Waals surface area contributed by atoms with Gasteiger partial charge in [0.1, 0.15) is 22.6 Å². The van der Waals surface area contributed by atoms with Crippen molar-refractivity contribution >= 4 is 28.8 Å². The molecule has 9 heteroatoms. The van der Waals surface area contributed by atoms with Gasteiger partial charge in [0, 0.05) is 24.4 Å². The van der Waals surface area contributed by atoms with Gasteiger partial charge < -0.3 is 25.2 Å². The van der Waals surface area contributed by atoms with Crippen LogP contribution in [-0.2, 0) is 11.3 Å². The van der Waals surface area contributed by atoms with E-state index in [9.17, 15) is 9.90 Å². The quantitative estimate of drug-likeness (QED) is 0.341. The molecule has 0 saturated heterocycles. The summed E-state index contributed by atoms with van der Waals surface area (Å²) in [5.74, 6) is 1.19. The van der Waals surface area contributed by atoms with Gasteiger partial charge in [-0.1, -0.05) is 26.2 Å². The molecule has 2 heterocycles. The number of rotatable bonds is 12. The molecular formula is C24H31N5O4. The van der Waals surface area contributed by atoms with Crippen molar-refractivity contribution in [1.82, 2.24) is 15.0 Å². The van der Waals surface area contributed by atoms with Gasteiger partial charge in [-0.05, 0) is 37.6 Å². The molecule has 0 bridgehead atoms. The van der Waals surface area contributed by atoms with Gasteiger partial charge in [-0.2, -0.15) is 4.98 Å². The number of methoxy groups -OCH3 is 2. The summed E-state index contributed by atoms with van der Waals surface area (Å²) in [7, 11) is 3.20. The van der Waals surface area contributed by atoms with E-state index in [1.54, 1.807) is 33.4 Å². The lowest BCUT2D eigenvalue weighted by Gasteiger charge is -2.27. The molecule has 0 amide bonds. The van der Waals surface area contributed by atoms with E-state index in [1.807, 2.05) is 24.3 Å². The highest BCUT2D eigenvalue weighted by Gasteiger charge is 2.33. The number of carboxylic acids is 1. The number of nitrogens with zero attached hydrogens (tertiary/aromatic N) is 3. The predicted octanol–water partition coefficient (Wildman–Crippen LogP) is 4.49. The summed E-state index contributed by atoms with van der Waals surface area (Å²) >= 11 is 0. The van der Waals surface area contributed by atoms with Gasteiger partial charge in [0.2, 0.25) is 5.95 Å². The number of aromatic nitrogens is 3. The Hall–Kier alpha value is -3.62. The fourth-order valence-corrected chi connectivity index (χ4v) is 3.52. The zero-order valence-corrected chi connectivity index (χ0v) is 19.5. The van der Waals surface area contributed by atoms with Crippen molar-refractivity contribution in [2.24, 2.45) is 0 Å². The number of ether oxygens (including phenoxy) is 2. The summed E-state index contributed by atoms with van der Waals surface area (Å²) in [6.07, 6.45) is 4.88. The number of pyridine rings is 1. The van der Waals surface area contributed by atoms with E-state index in [2.05, 4.69) is 32.5 Å². The highest BCUT2D eigenvalue weighted by molar-refractivity contribution is 5.90. The zero-order valence-electron chi connectivity index (χ0n) is 19.5. The summed E-state index contributed by atoms with van der Waals surface area (Å²) in [5, 5.41) is 16.3. The Kier molecular flexibility index (Phi) is 7.87. The zero-order chi connectivity index (χ0) is 23.8. The van der Waals surface area contributed by atoms with Crippen LogP contribution < -0.4 is 20.1 Å². The first-order valence-corrected chi connectivity index (χ1v) is 11.0. The van der Waals surface area contributed by atoms with Crippen molar-refractivity contribution in [3.8, 4) is 11.5 Å². The Labute approximate surface area is 193 Å². The summed E-state index contributed by atoms with van der Waals surface area (Å²) in [6.45, 7) is 4.17. The van der Waals surface area contributed by atoms with Gasteiger partial charge in [0.05, 0.1) is 19.7 Å². The number of anilines is 2. The van der Waals surface area contributed by atoms with Crippen LogP contribution in [0.3, 0.4) is 0 Å².